The standard InChI is InChI=1S/C22H17N3O4/c1-12(26)25-17-6-4-3-5-15(17)20-19(25)18(16(11-23)21(24)29-20)13-7-9-14(10-8-13)22(27)28-2/h3-10,18H,24H2,1-2H3/t18-/m1/s1. The smallest absolute Gasteiger partial charge is 0.337 e. The number of carbonyl (C=O) groups is 2. The lowest BCUT2D eigenvalue weighted by Crippen LogP contribution is -2.24. The van der Waals surface area contributed by atoms with Crippen molar-refractivity contribution >= 4 is 22.8 Å². The fraction of sp³-hybridized carbons (Fsp3) is 0.136. The molecule has 1 aliphatic rings. The van der Waals surface area contributed by atoms with Crippen LogP contribution in [0, 0.1) is 11.3 Å². The van der Waals surface area contributed by atoms with E-state index in [4.69, 9.17) is 15.2 Å². The Morgan fingerprint density at radius 2 is 1.86 bits per heavy atom. The fourth-order valence-electron chi connectivity index (χ4n) is 3.75. The summed E-state index contributed by atoms with van der Waals surface area (Å²) in [6.45, 7) is 1.46. The van der Waals surface area contributed by atoms with Crippen LogP contribution in [0.5, 0.6) is 5.75 Å². The Balaban J connectivity index is 2.00. The lowest BCUT2D eigenvalue weighted by atomic mass is 9.86. The number of benzene rings is 2. The second-order valence-electron chi connectivity index (χ2n) is 6.62. The number of nitrogens with two attached hydrogens (primary N) is 1. The molecule has 4 rings (SSSR count). The first-order valence-corrected chi connectivity index (χ1v) is 8.88. The van der Waals surface area contributed by atoms with E-state index in [1.165, 1.54) is 14.0 Å². The largest absolute Gasteiger partial charge is 0.465 e. The van der Waals surface area contributed by atoms with Gasteiger partial charge in [0.15, 0.2) is 5.75 Å². The molecule has 0 unspecified atom stereocenters. The maximum atomic E-state index is 12.5. The van der Waals surface area contributed by atoms with E-state index in [1.54, 1.807) is 28.8 Å². The van der Waals surface area contributed by atoms with Crippen molar-refractivity contribution in [3.05, 3.63) is 76.8 Å². The average Bonchev–Trinajstić information content (AvgIpc) is 3.06. The fourth-order valence-corrected chi connectivity index (χ4v) is 3.75. The zero-order valence-corrected chi connectivity index (χ0v) is 15.8. The second kappa shape index (κ2) is 6.84. The number of carbonyl (C=O) groups excluding carboxylic acids is 2. The van der Waals surface area contributed by atoms with E-state index in [-0.39, 0.29) is 17.4 Å². The molecule has 144 valence electrons. The lowest BCUT2D eigenvalue weighted by molar-refractivity contribution is 0.0600. The first-order valence-electron chi connectivity index (χ1n) is 8.88. The normalized spacial score (nSPS) is 15.4. The van der Waals surface area contributed by atoms with E-state index in [9.17, 15) is 14.9 Å². The van der Waals surface area contributed by atoms with Crippen LogP contribution in [0.1, 0.15) is 39.3 Å². The molecule has 1 aliphatic heterocycles. The molecule has 1 aromatic heterocycles. The van der Waals surface area contributed by atoms with Crippen LogP contribution in [-0.4, -0.2) is 23.6 Å². The van der Waals surface area contributed by atoms with Crippen LogP contribution in [0.3, 0.4) is 0 Å². The highest BCUT2D eigenvalue weighted by molar-refractivity contribution is 5.98. The van der Waals surface area contributed by atoms with Crippen LogP contribution in [0.25, 0.3) is 10.9 Å². The number of allylic oxidation sites excluding steroid dienone is 1. The highest BCUT2D eigenvalue weighted by Crippen LogP contribution is 2.47. The average molecular weight is 387 g/mol. The number of nitrogens with zero attached hydrogens (tertiary/aromatic N) is 2. The summed E-state index contributed by atoms with van der Waals surface area (Å²) in [6, 6.07) is 16.1. The molecule has 2 aromatic carbocycles. The van der Waals surface area contributed by atoms with Crippen molar-refractivity contribution in [2.45, 2.75) is 12.8 Å². The van der Waals surface area contributed by atoms with Gasteiger partial charge < -0.3 is 15.2 Å². The van der Waals surface area contributed by atoms with Gasteiger partial charge in [-0.15, -0.1) is 0 Å². The van der Waals surface area contributed by atoms with E-state index >= 15 is 0 Å². The number of fused-ring (bicyclic) bond motifs is 3. The van der Waals surface area contributed by atoms with Gasteiger partial charge in [-0.05, 0) is 29.8 Å². The van der Waals surface area contributed by atoms with Crippen molar-refractivity contribution in [2.24, 2.45) is 5.73 Å². The number of hydrogen-bond donors (Lipinski definition) is 1. The first-order chi connectivity index (χ1) is 14.0. The third-order valence-electron chi connectivity index (χ3n) is 5.00. The molecule has 0 saturated carbocycles. The predicted octanol–water partition coefficient (Wildman–Crippen LogP) is 3.31. The van der Waals surface area contributed by atoms with Crippen LogP contribution >= 0.6 is 0 Å². The Morgan fingerprint density at radius 1 is 1.17 bits per heavy atom. The summed E-state index contributed by atoms with van der Waals surface area (Å²) in [5.74, 6) is -0.841. The molecule has 29 heavy (non-hydrogen) atoms. The molecule has 0 spiro atoms. The van der Waals surface area contributed by atoms with Gasteiger partial charge in [-0.25, -0.2) is 4.79 Å². The van der Waals surface area contributed by atoms with E-state index in [2.05, 4.69) is 6.07 Å². The van der Waals surface area contributed by atoms with Gasteiger partial charge in [0.2, 0.25) is 11.8 Å². The predicted molar refractivity (Wildman–Crippen MR) is 105 cm³/mol. The molecule has 2 heterocycles. The number of hydrogen-bond acceptors (Lipinski definition) is 6. The summed E-state index contributed by atoms with van der Waals surface area (Å²) in [4.78, 5) is 24.3. The molecule has 0 bridgehead atoms. The molecular formula is C22H17N3O4. The quantitative estimate of drug-likeness (QED) is 0.676. The van der Waals surface area contributed by atoms with Crippen molar-refractivity contribution in [2.75, 3.05) is 7.11 Å². The van der Waals surface area contributed by atoms with Gasteiger partial charge in [-0.2, -0.15) is 5.26 Å². The highest BCUT2D eigenvalue weighted by Gasteiger charge is 2.36. The minimum Gasteiger partial charge on any atom is -0.465 e. The molecule has 1 atom stereocenters. The van der Waals surface area contributed by atoms with E-state index in [1.807, 2.05) is 24.3 Å². The minimum atomic E-state index is -0.619. The third kappa shape index (κ3) is 2.74. The second-order valence-corrected chi connectivity index (χ2v) is 6.62. The summed E-state index contributed by atoms with van der Waals surface area (Å²) in [6.07, 6.45) is 0. The van der Waals surface area contributed by atoms with Gasteiger partial charge >= 0.3 is 5.97 Å². The summed E-state index contributed by atoms with van der Waals surface area (Å²) < 4.78 is 12.1. The molecule has 0 aliphatic carbocycles. The third-order valence-corrected chi connectivity index (χ3v) is 5.00. The monoisotopic (exact) mass is 387 g/mol. The topological polar surface area (TPSA) is 107 Å². The van der Waals surface area contributed by atoms with Crippen LogP contribution in [0.4, 0.5) is 0 Å². The SMILES string of the molecule is COC(=O)c1ccc([C@@H]2C(C#N)=C(N)Oc3c2n(C(C)=O)c2ccccc32)cc1. The van der Waals surface area contributed by atoms with E-state index in [0.717, 1.165) is 5.39 Å². The van der Waals surface area contributed by atoms with E-state index < -0.39 is 11.9 Å². The van der Waals surface area contributed by atoms with Gasteiger partial charge in [-0.3, -0.25) is 9.36 Å². The van der Waals surface area contributed by atoms with Crippen molar-refractivity contribution in [1.82, 2.24) is 4.57 Å². The summed E-state index contributed by atoms with van der Waals surface area (Å²) in [7, 11) is 1.31. The van der Waals surface area contributed by atoms with Gasteiger partial charge in [0.1, 0.15) is 11.6 Å². The van der Waals surface area contributed by atoms with Crippen molar-refractivity contribution in [3.8, 4) is 11.8 Å². The molecule has 0 radical (unpaired) electrons. The molecule has 7 heteroatoms. The number of ether oxygens (including phenoxy) is 2. The Labute approximate surface area is 166 Å². The summed E-state index contributed by atoms with van der Waals surface area (Å²) in [5.41, 5.74) is 8.57. The molecular weight excluding hydrogens is 370 g/mol. The van der Waals surface area contributed by atoms with Crippen LogP contribution in [-0.2, 0) is 4.74 Å². The molecule has 0 amide bonds. The Hall–Kier alpha value is -4.05. The minimum absolute atomic E-state index is 0.00602. The first kappa shape index (κ1) is 18.3. The Kier molecular flexibility index (Phi) is 4.32. The molecule has 0 saturated heterocycles. The Bertz CT molecular complexity index is 1230. The van der Waals surface area contributed by atoms with Gasteiger partial charge in [0, 0.05) is 12.3 Å². The zero-order valence-electron chi connectivity index (χ0n) is 15.8. The van der Waals surface area contributed by atoms with Crippen LogP contribution < -0.4 is 10.5 Å². The van der Waals surface area contributed by atoms with Crippen LogP contribution in [0.15, 0.2) is 60.0 Å². The molecule has 2 N–H and O–H groups in total. The highest BCUT2D eigenvalue weighted by atomic mass is 16.5. The molecule has 7 nitrogen and oxygen atoms in total. The number of esters is 1. The maximum absolute atomic E-state index is 12.5. The lowest BCUT2D eigenvalue weighted by Gasteiger charge is -2.25. The number of methoxy groups -OCH3 is 1. The number of para-hydroxylation sites is 1. The molecule has 3 aromatic rings. The molecule has 0 fully saturated rings. The van der Waals surface area contributed by atoms with Gasteiger partial charge in [-0.1, -0.05) is 24.3 Å². The van der Waals surface area contributed by atoms with Crippen molar-refractivity contribution < 1.29 is 19.1 Å². The van der Waals surface area contributed by atoms with E-state index in [0.29, 0.717) is 28.1 Å². The Morgan fingerprint density at radius 3 is 2.48 bits per heavy atom. The number of rotatable bonds is 2. The summed E-state index contributed by atoms with van der Waals surface area (Å²) in [5, 5.41) is 10.5. The maximum Gasteiger partial charge on any atom is 0.337 e. The number of aromatic nitrogens is 1. The number of nitriles is 1. The summed E-state index contributed by atoms with van der Waals surface area (Å²) >= 11 is 0. The van der Waals surface area contributed by atoms with Crippen molar-refractivity contribution in [1.29, 1.82) is 5.26 Å². The zero-order chi connectivity index (χ0) is 20.7. The van der Waals surface area contributed by atoms with Gasteiger partial charge in [0.05, 0.1) is 29.8 Å². The van der Waals surface area contributed by atoms with Crippen LogP contribution in [0.2, 0.25) is 0 Å². The van der Waals surface area contributed by atoms with Crippen molar-refractivity contribution in [3.63, 3.8) is 0 Å². The van der Waals surface area contributed by atoms with Gasteiger partial charge in [0.25, 0.3) is 0 Å².